The first-order valence-corrected chi connectivity index (χ1v) is 9.94. The largest absolute Gasteiger partial charge is 0.368 e. The number of piperidine rings is 1. The number of hydrogen-bond donors (Lipinski definition) is 0. The molecule has 0 unspecified atom stereocenters. The standard InChI is InChI=1S/C21H28FN5/c1-16-7-9-27(10-8-16)21-23-17(2)15-20(24-21)26-13-11-25(12-14-26)19-5-3-18(22)4-6-19/h3-6,15-16H,7-14H2,1-2H3. The molecule has 0 bridgehead atoms. The van der Waals surface area contributed by atoms with Crippen molar-refractivity contribution in [1.29, 1.82) is 0 Å². The topological polar surface area (TPSA) is 35.5 Å². The number of aryl methyl sites for hydroxylation is 1. The van der Waals surface area contributed by atoms with Crippen LogP contribution in [0, 0.1) is 18.7 Å². The number of halogens is 1. The summed E-state index contributed by atoms with van der Waals surface area (Å²) in [5.41, 5.74) is 2.10. The van der Waals surface area contributed by atoms with Crippen molar-refractivity contribution >= 4 is 17.5 Å². The Labute approximate surface area is 160 Å². The Morgan fingerprint density at radius 2 is 1.48 bits per heavy atom. The van der Waals surface area contributed by atoms with Gasteiger partial charge in [-0.05, 0) is 49.9 Å². The fraction of sp³-hybridized carbons (Fsp3) is 0.524. The van der Waals surface area contributed by atoms with Gasteiger partial charge in [-0.25, -0.2) is 9.37 Å². The van der Waals surface area contributed by atoms with Crippen molar-refractivity contribution in [3.05, 3.63) is 41.8 Å². The lowest BCUT2D eigenvalue weighted by Crippen LogP contribution is -2.47. The Balaban J connectivity index is 1.44. The molecule has 0 radical (unpaired) electrons. The summed E-state index contributed by atoms with van der Waals surface area (Å²) in [4.78, 5) is 16.5. The fourth-order valence-electron chi connectivity index (χ4n) is 3.89. The fourth-order valence-corrected chi connectivity index (χ4v) is 3.89. The maximum atomic E-state index is 13.1. The van der Waals surface area contributed by atoms with E-state index in [1.165, 1.54) is 25.0 Å². The van der Waals surface area contributed by atoms with Crippen molar-refractivity contribution < 1.29 is 4.39 Å². The van der Waals surface area contributed by atoms with E-state index in [1.54, 1.807) is 0 Å². The van der Waals surface area contributed by atoms with Crippen molar-refractivity contribution in [3.8, 4) is 0 Å². The Morgan fingerprint density at radius 3 is 2.15 bits per heavy atom. The molecule has 0 N–H and O–H groups in total. The number of anilines is 3. The normalized spacial score (nSPS) is 18.9. The molecule has 0 aliphatic carbocycles. The Kier molecular flexibility index (Phi) is 5.14. The van der Waals surface area contributed by atoms with Crippen LogP contribution in [-0.4, -0.2) is 49.2 Å². The molecule has 0 spiro atoms. The van der Waals surface area contributed by atoms with Gasteiger partial charge in [0.05, 0.1) is 0 Å². The summed E-state index contributed by atoms with van der Waals surface area (Å²) < 4.78 is 13.1. The molecule has 5 nitrogen and oxygen atoms in total. The van der Waals surface area contributed by atoms with Crippen molar-refractivity contribution in [2.75, 3.05) is 54.0 Å². The summed E-state index contributed by atoms with van der Waals surface area (Å²) in [5, 5.41) is 0. The van der Waals surface area contributed by atoms with Crippen molar-refractivity contribution in [3.63, 3.8) is 0 Å². The van der Waals surface area contributed by atoms with E-state index < -0.39 is 0 Å². The van der Waals surface area contributed by atoms with Crippen LogP contribution in [0.5, 0.6) is 0 Å². The summed E-state index contributed by atoms with van der Waals surface area (Å²) in [6.45, 7) is 10.1. The molecule has 0 saturated carbocycles. The molecule has 1 aromatic carbocycles. The molecule has 0 amide bonds. The number of piperazine rings is 1. The zero-order valence-corrected chi connectivity index (χ0v) is 16.2. The first-order chi connectivity index (χ1) is 13.1. The first-order valence-electron chi connectivity index (χ1n) is 9.94. The summed E-state index contributed by atoms with van der Waals surface area (Å²) in [7, 11) is 0. The molecule has 0 atom stereocenters. The van der Waals surface area contributed by atoms with Gasteiger partial charge < -0.3 is 14.7 Å². The molecule has 6 heteroatoms. The molecular weight excluding hydrogens is 341 g/mol. The summed E-state index contributed by atoms with van der Waals surface area (Å²) in [5.74, 6) is 2.51. The maximum Gasteiger partial charge on any atom is 0.227 e. The minimum Gasteiger partial charge on any atom is -0.368 e. The number of hydrogen-bond acceptors (Lipinski definition) is 5. The molecule has 144 valence electrons. The van der Waals surface area contributed by atoms with E-state index in [2.05, 4.69) is 34.6 Å². The first kappa shape index (κ1) is 18.0. The zero-order chi connectivity index (χ0) is 18.8. The third kappa shape index (κ3) is 4.15. The molecule has 27 heavy (non-hydrogen) atoms. The molecule has 2 aliphatic rings. The highest BCUT2D eigenvalue weighted by molar-refractivity contribution is 5.51. The second-order valence-electron chi connectivity index (χ2n) is 7.79. The number of aromatic nitrogens is 2. The highest BCUT2D eigenvalue weighted by Gasteiger charge is 2.22. The van der Waals surface area contributed by atoms with Crippen molar-refractivity contribution in [2.24, 2.45) is 5.92 Å². The third-order valence-corrected chi connectivity index (χ3v) is 5.69. The van der Waals surface area contributed by atoms with Crippen LogP contribution < -0.4 is 14.7 Å². The maximum absolute atomic E-state index is 13.1. The average Bonchev–Trinajstić information content (AvgIpc) is 2.69. The Morgan fingerprint density at radius 1 is 0.852 bits per heavy atom. The third-order valence-electron chi connectivity index (χ3n) is 5.69. The number of benzene rings is 1. The quantitative estimate of drug-likeness (QED) is 0.828. The molecule has 1 aromatic heterocycles. The van der Waals surface area contributed by atoms with Gasteiger partial charge in [-0.15, -0.1) is 0 Å². The van der Waals surface area contributed by atoms with E-state index >= 15 is 0 Å². The van der Waals surface area contributed by atoms with Gasteiger partial charge in [0.25, 0.3) is 0 Å². The minimum absolute atomic E-state index is 0.187. The zero-order valence-electron chi connectivity index (χ0n) is 16.2. The van der Waals surface area contributed by atoms with Crippen LogP contribution in [0.3, 0.4) is 0 Å². The lowest BCUT2D eigenvalue weighted by atomic mass is 10.00. The Bertz CT molecular complexity index is 763. The highest BCUT2D eigenvalue weighted by atomic mass is 19.1. The van der Waals surface area contributed by atoms with Gasteiger partial charge in [-0.2, -0.15) is 4.98 Å². The molecule has 3 heterocycles. The van der Waals surface area contributed by atoms with Crippen LogP contribution in [0.25, 0.3) is 0 Å². The minimum atomic E-state index is -0.187. The lowest BCUT2D eigenvalue weighted by Gasteiger charge is -2.37. The number of rotatable bonds is 3. The van der Waals surface area contributed by atoms with Crippen LogP contribution >= 0.6 is 0 Å². The van der Waals surface area contributed by atoms with E-state index in [1.807, 2.05) is 12.1 Å². The van der Waals surface area contributed by atoms with E-state index in [0.29, 0.717) is 0 Å². The van der Waals surface area contributed by atoms with Gasteiger partial charge in [0.1, 0.15) is 11.6 Å². The van der Waals surface area contributed by atoms with Crippen LogP contribution in [0.4, 0.5) is 21.8 Å². The van der Waals surface area contributed by atoms with E-state index in [4.69, 9.17) is 9.97 Å². The van der Waals surface area contributed by atoms with Gasteiger partial charge in [-0.1, -0.05) is 6.92 Å². The molecule has 2 saturated heterocycles. The van der Waals surface area contributed by atoms with Crippen molar-refractivity contribution in [2.45, 2.75) is 26.7 Å². The van der Waals surface area contributed by atoms with Gasteiger partial charge in [0.15, 0.2) is 0 Å². The van der Waals surface area contributed by atoms with Crippen LogP contribution in [-0.2, 0) is 0 Å². The predicted octanol–water partition coefficient (Wildman–Crippen LogP) is 3.49. The van der Waals surface area contributed by atoms with Gasteiger partial charge in [-0.3, -0.25) is 0 Å². The summed E-state index contributed by atoms with van der Waals surface area (Å²) in [6, 6.07) is 8.86. The highest BCUT2D eigenvalue weighted by Crippen LogP contribution is 2.24. The molecule has 2 aromatic rings. The Hall–Kier alpha value is -2.37. The second kappa shape index (κ2) is 7.71. The molecular formula is C21H28FN5. The summed E-state index contributed by atoms with van der Waals surface area (Å²) >= 11 is 0. The monoisotopic (exact) mass is 369 g/mol. The van der Waals surface area contributed by atoms with E-state index in [9.17, 15) is 4.39 Å². The summed E-state index contributed by atoms with van der Waals surface area (Å²) in [6.07, 6.45) is 2.42. The van der Waals surface area contributed by atoms with Gasteiger partial charge >= 0.3 is 0 Å². The lowest BCUT2D eigenvalue weighted by molar-refractivity contribution is 0.434. The smallest absolute Gasteiger partial charge is 0.227 e. The molecule has 2 aliphatic heterocycles. The van der Waals surface area contributed by atoms with Gasteiger partial charge in [0, 0.05) is 56.7 Å². The van der Waals surface area contributed by atoms with Crippen LogP contribution in [0.15, 0.2) is 30.3 Å². The van der Waals surface area contributed by atoms with E-state index in [0.717, 1.165) is 68.3 Å². The predicted molar refractivity (Wildman–Crippen MR) is 108 cm³/mol. The van der Waals surface area contributed by atoms with Crippen LogP contribution in [0.1, 0.15) is 25.5 Å². The second-order valence-corrected chi connectivity index (χ2v) is 7.79. The molecule has 2 fully saturated rings. The van der Waals surface area contributed by atoms with Crippen LogP contribution in [0.2, 0.25) is 0 Å². The van der Waals surface area contributed by atoms with Crippen molar-refractivity contribution in [1.82, 2.24) is 9.97 Å². The van der Waals surface area contributed by atoms with Gasteiger partial charge in [0.2, 0.25) is 5.95 Å². The SMILES string of the molecule is Cc1cc(N2CCN(c3ccc(F)cc3)CC2)nc(N2CCC(C)CC2)n1. The average molecular weight is 369 g/mol. The van der Waals surface area contributed by atoms with E-state index in [-0.39, 0.29) is 5.82 Å². The molecule has 4 rings (SSSR count). The number of nitrogens with zero attached hydrogens (tertiary/aromatic N) is 5.